The number of alkyl halides is 1. The van der Waals surface area contributed by atoms with Gasteiger partial charge in [-0.1, -0.05) is 41.4 Å². The summed E-state index contributed by atoms with van der Waals surface area (Å²) in [5, 5.41) is 13.4. The van der Waals surface area contributed by atoms with Crippen LogP contribution in [0.2, 0.25) is 5.02 Å². The van der Waals surface area contributed by atoms with E-state index in [0.29, 0.717) is 11.3 Å². The van der Waals surface area contributed by atoms with E-state index in [4.69, 9.17) is 11.6 Å². The molecule has 5 nitrogen and oxygen atoms in total. The van der Waals surface area contributed by atoms with Crippen molar-refractivity contribution in [2.75, 3.05) is 5.32 Å². The van der Waals surface area contributed by atoms with Crippen molar-refractivity contribution in [3.8, 4) is 0 Å². The fourth-order valence-corrected chi connectivity index (χ4v) is 1.79. The summed E-state index contributed by atoms with van der Waals surface area (Å²) in [6.07, 6.45) is 0. The maximum absolute atomic E-state index is 11.9. The first-order valence-corrected chi connectivity index (χ1v) is 6.93. The lowest BCUT2D eigenvalue weighted by atomic mass is 10.1. The highest BCUT2D eigenvalue weighted by Gasteiger charge is 2.21. The van der Waals surface area contributed by atoms with E-state index in [2.05, 4.69) is 21.2 Å². The molecule has 0 heterocycles. The van der Waals surface area contributed by atoms with Crippen molar-refractivity contribution in [2.24, 2.45) is 5.92 Å². The van der Waals surface area contributed by atoms with E-state index >= 15 is 0 Å². The Kier molecular flexibility index (Phi) is 5.31. The van der Waals surface area contributed by atoms with E-state index < -0.39 is 4.92 Å². The van der Waals surface area contributed by atoms with E-state index in [1.807, 2.05) is 13.8 Å². The molecule has 0 aliphatic carbocycles. The van der Waals surface area contributed by atoms with Gasteiger partial charge in [0.1, 0.15) is 5.02 Å². The van der Waals surface area contributed by atoms with Crippen molar-refractivity contribution in [1.82, 2.24) is 0 Å². The molecule has 0 fully saturated rings. The Labute approximate surface area is 124 Å². The first-order valence-electron chi connectivity index (χ1n) is 5.63. The zero-order chi connectivity index (χ0) is 14.7. The quantitative estimate of drug-likeness (QED) is 0.509. The average molecular weight is 350 g/mol. The van der Waals surface area contributed by atoms with E-state index in [9.17, 15) is 14.9 Å². The molecule has 0 aliphatic heterocycles. The van der Waals surface area contributed by atoms with Crippen LogP contribution in [0.15, 0.2) is 12.1 Å². The van der Waals surface area contributed by atoms with E-state index in [1.54, 1.807) is 6.92 Å². The minimum Gasteiger partial charge on any atom is -0.325 e. The number of amides is 1. The molecular formula is C12H14BrClN2O3. The van der Waals surface area contributed by atoms with Gasteiger partial charge in [0.15, 0.2) is 0 Å². The number of carbonyl (C=O) groups excluding carboxylic acids is 1. The van der Waals surface area contributed by atoms with Crippen molar-refractivity contribution in [2.45, 2.75) is 25.6 Å². The lowest BCUT2D eigenvalue weighted by molar-refractivity contribution is -0.384. The van der Waals surface area contributed by atoms with Gasteiger partial charge in [0.2, 0.25) is 5.91 Å². The number of rotatable bonds is 4. The van der Waals surface area contributed by atoms with Gasteiger partial charge in [-0.15, -0.1) is 0 Å². The van der Waals surface area contributed by atoms with Crippen molar-refractivity contribution < 1.29 is 9.72 Å². The predicted octanol–water partition coefficient (Wildman–Crippen LogP) is 3.91. The second-order valence-electron chi connectivity index (χ2n) is 4.51. The van der Waals surface area contributed by atoms with E-state index in [-0.39, 0.29) is 27.4 Å². The van der Waals surface area contributed by atoms with E-state index in [1.165, 1.54) is 12.1 Å². The van der Waals surface area contributed by atoms with Crippen LogP contribution >= 0.6 is 27.5 Å². The summed E-state index contributed by atoms with van der Waals surface area (Å²) in [5.74, 6) is -0.0724. The molecule has 19 heavy (non-hydrogen) atoms. The van der Waals surface area contributed by atoms with Crippen LogP contribution in [0.3, 0.4) is 0 Å². The van der Waals surface area contributed by atoms with Crippen LogP contribution in [0.4, 0.5) is 11.4 Å². The van der Waals surface area contributed by atoms with Gasteiger partial charge in [-0.3, -0.25) is 14.9 Å². The Bertz CT molecular complexity index is 520. The smallest absolute Gasteiger partial charge is 0.288 e. The number of carbonyl (C=O) groups is 1. The van der Waals surface area contributed by atoms with Crippen LogP contribution < -0.4 is 5.32 Å². The molecule has 0 saturated heterocycles. The van der Waals surface area contributed by atoms with E-state index in [0.717, 1.165) is 0 Å². The highest BCUT2D eigenvalue weighted by atomic mass is 79.9. The van der Waals surface area contributed by atoms with Crippen molar-refractivity contribution in [3.63, 3.8) is 0 Å². The third kappa shape index (κ3) is 3.91. The molecule has 1 amide bonds. The largest absolute Gasteiger partial charge is 0.325 e. The first-order chi connectivity index (χ1) is 8.73. The minimum atomic E-state index is -0.553. The molecule has 0 aromatic heterocycles. The summed E-state index contributed by atoms with van der Waals surface area (Å²) in [4.78, 5) is 21.7. The van der Waals surface area contributed by atoms with Gasteiger partial charge in [0.05, 0.1) is 9.75 Å². The van der Waals surface area contributed by atoms with Gasteiger partial charge < -0.3 is 5.32 Å². The Hall–Kier alpha value is -1.14. The van der Waals surface area contributed by atoms with Gasteiger partial charge in [-0.25, -0.2) is 0 Å². The molecule has 1 aromatic rings. The molecule has 0 aliphatic rings. The fourth-order valence-electron chi connectivity index (χ4n) is 1.45. The van der Waals surface area contributed by atoms with Gasteiger partial charge in [0, 0.05) is 11.8 Å². The number of nitro groups is 1. The number of benzene rings is 1. The maximum atomic E-state index is 11.9. The first kappa shape index (κ1) is 15.9. The molecule has 0 radical (unpaired) electrons. The molecule has 1 atom stereocenters. The summed E-state index contributed by atoms with van der Waals surface area (Å²) < 4.78 is 0. The molecule has 7 heteroatoms. The van der Waals surface area contributed by atoms with Crippen LogP contribution in [0.1, 0.15) is 19.4 Å². The second-order valence-corrected chi connectivity index (χ2v) is 5.90. The molecule has 0 bridgehead atoms. The SMILES string of the molecule is Cc1cc([N+](=O)[O-])c(Cl)cc1NC(=O)C(Br)C(C)C. The Morgan fingerprint density at radius 3 is 2.53 bits per heavy atom. The second kappa shape index (κ2) is 6.34. The number of nitro benzene ring substituents is 1. The Morgan fingerprint density at radius 2 is 2.05 bits per heavy atom. The van der Waals surface area contributed by atoms with Gasteiger partial charge >= 0.3 is 0 Å². The molecule has 1 unspecified atom stereocenters. The number of halogens is 2. The van der Waals surface area contributed by atoms with Crippen molar-refractivity contribution >= 4 is 44.8 Å². The zero-order valence-electron chi connectivity index (χ0n) is 10.7. The number of hydrogen-bond acceptors (Lipinski definition) is 3. The van der Waals surface area contributed by atoms with Crippen LogP contribution in [-0.4, -0.2) is 15.7 Å². The summed E-state index contributed by atoms with van der Waals surface area (Å²) in [7, 11) is 0. The molecule has 0 saturated carbocycles. The lowest BCUT2D eigenvalue weighted by Crippen LogP contribution is -2.27. The third-order valence-electron chi connectivity index (χ3n) is 2.58. The number of anilines is 1. The lowest BCUT2D eigenvalue weighted by Gasteiger charge is -2.15. The number of nitrogens with one attached hydrogen (secondary N) is 1. The molecule has 0 spiro atoms. The third-order valence-corrected chi connectivity index (χ3v) is 4.36. The summed E-state index contributed by atoms with van der Waals surface area (Å²) in [6.45, 7) is 5.50. The van der Waals surface area contributed by atoms with Crippen LogP contribution in [-0.2, 0) is 4.79 Å². The van der Waals surface area contributed by atoms with Crippen LogP contribution in [0.25, 0.3) is 0 Å². The van der Waals surface area contributed by atoms with Crippen LogP contribution in [0.5, 0.6) is 0 Å². The topological polar surface area (TPSA) is 72.2 Å². The number of aryl methyl sites for hydroxylation is 1. The Balaban J connectivity index is 3.01. The summed E-state index contributed by atoms with van der Waals surface area (Å²) >= 11 is 9.11. The normalized spacial score (nSPS) is 12.3. The number of hydrogen-bond donors (Lipinski definition) is 1. The predicted molar refractivity (Wildman–Crippen MR) is 79.0 cm³/mol. The highest BCUT2D eigenvalue weighted by molar-refractivity contribution is 9.10. The molecular weight excluding hydrogens is 336 g/mol. The zero-order valence-corrected chi connectivity index (χ0v) is 13.1. The average Bonchev–Trinajstić information content (AvgIpc) is 2.31. The monoisotopic (exact) mass is 348 g/mol. The van der Waals surface area contributed by atoms with Gasteiger partial charge in [0.25, 0.3) is 5.69 Å². The van der Waals surface area contributed by atoms with Crippen molar-refractivity contribution in [1.29, 1.82) is 0 Å². The Morgan fingerprint density at radius 1 is 1.47 bits per heavy atom. The number of nitrogens with zero attached hydrogens (tertiary/aromatic N) is 1. The van der Waals surface area contributed by atoms with Gasteiger partial charge in [-0.2, -0.15) is 0 Å². The molecule has 1 N–H and O–H groups in total. The minimum absolute atomic E-state index is 0.00145. The van der Waals surface area contributed by atoms with Crippen LogP contribution in [0, 0.1) is 23.0 Å². The maximum Gasteiger partial charge on any atom is 0.288 e. The molecule has 104 valence electrons. The summed E-state index contributed by atoms with van der Waals surface area (Å²) in [6, 6.07) is 2.74. The molecule has 1 aromatic carbocycles. The molecule has 1 rings (SSSR count). The highest BCUT2D eigenvalue weighted by Crippen LogP contribution is 2.31. The van der Waals surface area contributed by atoms with Gasteiger partial charge in [-0.05, 0) is 24.5 Å². The van der Waals surface area contributed by atoms with Crippen molar-refractivity contribution in [3.05, 3.63) is 32.8 Å². The summed E-state index contributed by atoms with van der Waals surface area (Å²) in [5.41, 5.74) is 0.898. The fraction of sp³-hybridized carbons (Fsp3) is 0.417. The standard InChI is InChI=1S/C12H14BrClN2O3/c1-6(2)11(13)12(17)15-9-5-8(14)10(16(18)19)4-7(9)3/h4-6,11H,1-3H3,(H,15,17).